The van der Waals surface area contributed by atoms with Gasteiger partial charge in [-0.25, -0.2) is 14.6 Å². The van der Waals surface area contributed by atoms with Gasteiger partial charge in [-0.3, -0.25) is 9.59 Å². The van der Waals surface area contributed by atoms with Gasteiger partial charge < -0.3 is 39.8 Å². The van der Waals surface area contributed by atoms with Gasteiger partial charge in [0.1, 0.15) is 36.1 Å². The van der Waals surface area contributed by atoms with Crippen molar-refractivity contribution in [2.75, 3.05) is 33.8 Å². The molecule has 0 bridgehead atoms. The summed E-state index contributed by atoms with van der Waals surface area (Å²) in [4.78, 5) is 61.5. The Balaban J connectivity index is 1.25. The van der Waals surface area contributed by atoms with Gasteiger partial charge in [0.15, 0.2) is 0 Å². The molecule has 0 spiro atoms. The van der Waals surface area contributed by atoms with E-state index in [1.54, 1.807) is 18.2 Å². The van der Waals surface area contributed by atoms with Gasteiger partial charge in [-0.05, 0) is 77.6 Å². The number of carbonyl (C=O) groups is 4. The van der Waals surface area contributed by atoms with Crippen molar-refractivity contribution < 1.29 is 38.5 Å². The average Bonchev–Trinajstić information content (AvgIpc) is 3.35. The first-order chi connectivity index (χ1) is 24.5. The first-order valence-corrected chi connectivity index (χ1v) is 18.4. The number of para-hydroxylation sites is 1. The van der Waals surface area contributed by atoms with Crippen molar-refractivity contribution in [3.05, 3.63) is 41.4 Å². The molecule has 3 heterocycles. The molecule has 51 heavy (non-hydrogen) atoms. The number of allylic oxidation sites excluding steroid dienone is 1. The first kappa shape index (κ1) is 36.7. The molecule has 3 amide bonds. The summed E-state index contributed by atoms with van der Waals surface area (Å²) in [6.07, 6.45) is 9.40. The van der Waals surface area contributed by atoms with Crippen molar-refractivity contribution in [3.8, 4) is 11.6 Å². The minimum atomic E-state index is -1.42. The number of nitrogens with zero attached hydrogens (tertiary/aromatic N) is 3. The molecule has 2 saturated carbocycles. The molecule has 0 radical (unpaired) electrons. The van der Waals surface area contributed by atoms with Crippen LogP contribution in [-0.2, 0) is 19.1 Å². The number of nitrogens with one attached hydrogen (secondary N) is 2. The van der Waals surface area contributed by atoms with Crippen molar-refractivity contribution in [3.63, 3.8) is 0 Å². The minimum Gasteiger partial charge on any atom is -0.488 e. The van der Waals surface area contributed by atoms with Crippen molar-refractivity contribution in [1.82, 2.24) is 25.4 Å². The molecule has 3 N–H and O–H groups in total. The van der Waals surface area contributed by atoms with Gasteiger partial charge in [0, 0.05) is 42.8 Å². The third-order valence-electron chi connectivity index (χ3n) is 10.3. The lowest BCUT2D eigenvalue weighted by Gasteiger charge is -2.27. The minimum absolute atomic E-state index is 0.0452. The molecule has 5 atom stereocenters. The van der Waals surface area contributed by atoms with Crippen molar-refractivity contribution in [1.29, 1.82) is 0 Å². The van der Waals surface area contributed by atoms with E-state index in [-0.39, 0.29) is 43.7 Å². The molecule has 14 heteroatoms. The molecule has 3 fully saturated rings. The standard InChI is InChI=1S/C37H48ClN5O8/c1-42(2)16-17-49-31-20-30(27-14-9-15-28(38)33(27)40-31)50-26-19-29-34(45)41-37(35(46)47)21-23(37)10-5-3-4-6-11-24(18-32(44)43(29)22-26)39-36(48)51-25-12-7-8-13-25/h5,9-10,14-15,20,23-26,29H,3-4,6-8,11-13,16-19,21-22H2,1-2H3,(H,39,48)(H,41,45)(H,46,47)/b10-5-/t23-,24+,26-,29+,37-/m1/s1. The third-order valence-corrected chi connectivity index (χ3v) is 10.6. The number of halogens is 1. The highest BCUT2D eigenvalue weighted by molar-refractivity contribution is 6.35. The molecule has 1 saturated heterocycles. The van der Waals surface area contributed by atoms with Crippen molar-refractivity contribution >= 4 is 46.4 Å². The quantitative estimate of drug-likeness (QED) is 0.310. The summed E-state index contributed by atoms with van der Waals surface area (Å²) in [5.41, 5.74) is -0.931. The highest BCUT2D eigenvalue weighted by Gasteiger charge is 2.61. The summed E-state index contributed by atoms with van der Waals surface area (Å²) in [7, 11) is 3.88. The maximum atomic E-state index is 14.1. The van der Waals surface area contributed by atoms with Crippen LogP contribution in [0.25, 0.3) is 10.9 Å². The number of ether oxygens (including phenoxy) is 3. The van der Waals surface area contributed by atoms with Crippen LogP contribution in [-0.4, -0.2) is 107 Å². The number of hydrogen-bond acceptors (Lipinski definition) is 9. The molecular weight excluding hydrogens is 678 g/mol. The summed E-state index contributed by atoms with van der Waals surface area (Å²) >= 11 is 6.54. The Morgan fingerprint density at radius 1 is 1.14 bits per heavy atom. The Kier molecular flexibility index (Phi) is 11.6. The summed E-state index contributed by atoms with van der Waals surface area (Å²) in [5.74, 6) is -1.59. The van der Waals surface area contributed by atoms with E-state index in [9.17, 15) is 24.3 Å². The van der Waals surface area contributed by atoms with E-state index < -0.39 is 41.7 Å². The Morgan fingerprint density at radius 2 is 1.92 bits per heavy atom. The molecule has 1 aromatic heterocycles. The van der Waals surface area contributed by atoms with Gasteiger partial charge in [-0.2, -0.15) is 0 Å². The zero-order chi connectivity index (χ0) is 36.1. The van der Waals surface area contributed by atoms with Gasteiger partial charge in [-0.15, -0.1) is 0 Å². The lowest BCUT2D eigenvalue weighted by molar-refractivity contribution is -0.145. The van der Waals surface area contributed by atoms with Crippen LogP contribution in [0, 0.1) is 5.92 Å². The van der Waals surface area contributed by atoms with Crippen LogP contribution in [0.4, 0.5) is 4.79 Å². The lowest BCUT2D eigenvalue weighted by Crippen LogP contribution is -2.53. The molecule has 1 aromatic carbocycles. The predicted octanol–water partition coefficient (Wildman–Crippen LogP) is 4.69. The number of alkyl carbamates (subject to hydrolysis) is 1. The second-order valence-electron chi connectivity index (χ2n) is 14.4. The first-order valence-electron chi connectivity index (χ1n) is 18.0. The SMILES string of the molecule is CN(C)CCOc1cc(O[C@@H]2C[C@H]3C(=O)N[C@]4(C(=O)O)C[C@H]4/C=C\CCCC[C@H](NC(=O)OC4CCCC4)CC(=O)N3C2)c2cccc(Cl)c2n1. The van der Waals surface area contributed by atoms with Gasteiger partial charge in [0.05, 0.1) is 17.1 Å². The molecule has 276 valence electrons. The topological polar surface area (TPSA) is 160 Å². The number of aromatic nitrogens is 1. The van der Waals surface area contributed by atoms with E-state index in [0.29, 0.717) is 47.1 Å². The number of likely N-dealkylation sites (N-methyl/N-ethyl adjacent to an activating group) is 1. The van der Waals surface area contributed by atoms with Crippen LogP contribution < -0.4 is 20.1 Å². The number of pyridine rings is 1. The van der Waals surface area contributed by atoms with Crippen LogP contribution in [0.3, 0.4) is 0 Å². The number of carbonyl (C=O) groups excluding carboxylic acids is 3. The summed E-state index contributed by atoms with van der Waals surface area (Å²) in [6.45, 7) is 1.12. The van der Waals surface area contributed by atoms with Crippen molar-refractivity contribution in [2.24, 2.45) is 5.92 Å². The Bertz CT molecular complexity index is 1650. The number of aliphatic carboxylic acids is 1. The highest BCUT2D eigenvalue weighted by atomic mass is 35.5. The number of benzene rings is 1. The zero-order valence-corrected chi connectivity index (χ0v) is 30.0. The van der Waals surface area contributed by atoms with Crippen LogP contribution in [0.5, 0.6) is 11.6 Å². The monoisotopic (exact) mass is 725 g/mol. The van der Waals surface area contributed by atoms with Gasteiger partial charge in [0.25, 0.3) is 0 Å². The van der Waals surface area contributed by atoms with Crippen LogP contribution in [0.1, 0.15) is 70.6 Å². The predicted molar refractivity (Wildman–Crippen MR) is 190 cm³/mol. The van der Waals surface area contributed by atoms with Crippen LogP contribution in [0.15, 0.2) is 36.4 Å². The number of amides is 3. The molecule has 0 unspecified atom stereocenters. The number of hydrogen-bond donors (Lipinski definition) is 3. The second-order valence-corrected chi connectivity index (χ2v) is 14.8. The normalized spacial score (nSPS) is 27.9. The van der Waals surface area contributed by atoms with Gasteiger partial charge >= 0.3 is 12.1 Å². The number of carboxylic acids is 1. The van der Waals surface area contributed by atoms with E-state index in [4.69, 9.17) is 25.8 Å². The second kappa shape index (κ2) is 16.1. The number of rotatable bonds is 9. The maximum absolute atomic E-state index is 14.1. The fourth-order valence-electron chi connectivity index (χ4n) is 7.34. The smallest absolute Gasteiger partial charge is 0.407 e. The largest absolute Gasteiger partial charge is 0.488 e. The summed E-state index contributed by atoms with van der Waals surface area (Å²) in [5, 5.41) is 17.0. The Morgan fingerprint density at radius 3 is 2.69 bits per heavy atom. The Labute approximate surface area is 303 Å². The van der Waals surface area contributed by atoms with Crippen LogP contribution >= 0.6 is 11.6 Å². The summed E-state index contributed by atoms with van der Waals surface area (Å²) in [6, 6.07) is 5.54. The van der Waals surface area contributed by atoms with Gasteiger partial charge in [-0.1, -0.05) is 36.2 Å². The van der Waals surface area contributed by atoms with E-state index in [1.807, 2.05) is 37.2 Å². The molecule has 13 nitrogen and oxygen atoms in total. The Hall–Kier alpha value is -4.10. The van der Waals surface area contributed by atoms with E-state index in [1.165, 1.54) is 4.90 Å². The molecule has 4 aliphatic rings. The molecule has 6 rings (SSSR count). The fraction of sp³-hybridized carbons (Fsp3) is 0.595. The third kappa shape index (κ3) is 8.86. The zero-order valence-electron chi connectivity index (χ0n) is 29.3. The molecule has 2 aromatic rings. The van der Waals surface area contributed by atoms with E-state index in [2.05, 4.69) is 15.6 Å². The lowest BCUT2D eigenvalue weighted by atomic mass is 10.0. The molecule has 2 aliphatic heterocycles. The maximum Gasteiger partial charge on any atom is 0.407 e. The average molecular weight is 726 g/mol. The number of carboxylic acid groups (broad SMARTS) is 1. The van der Waals surface area contributed by atoms with Crippen molar-refractivity contribution in [2.45, 2.75) is 100 Å². The fourth-order valence-corrected chi connectivity index (χ4v) is 7.56. The van der Waals surface area contributed by atoms with Gasteiger partial charge in [0.2, 0.25) is 17.7 Å². The molecule has 2 aliphatic carbocycles. The van der Waals surface area contributed by atoms with Crippen LogP contribution in [0.2, 0.25) is 5.02 Å². The molecular formula is C37H48ClN5O8. The van der Waals surface area contributed by atoms with E-state index in [0.717, 1.165) is 44.9 Å². The van der Waals surface area contributed by atoms with E-state index >= 15 is 0 Å². The highest BCUT2D eigenvalue weighted by Crippen LogP contribution is 2.45. The number of fused-ring (bicyclic) bond motifs is 3. The summed E-state index contributed by atoms with van der Waals surface area (Å²) < 4.78 is 18.1.